The Balaban J connectivity index is 1.34. The quantitative estimate of drug-likeness (QED) is 0.650. The number of aromatic amines is 1. The van der Waals surface area contributed by atoms with Crippen molar-refractivity contribution in [3.63, 3.8) is 0 Å². The monoisotopic (exact) mass is 391 g/mol. The maximum Gasteiger partial charge on any atom is 0.263 e. The van der Waals surface area contributed by atoms with Gasteiger partial charge in [0.2, 0.25) is 5.95 Å². The Morgan fingerprint density at radius 1 is 1.24 bits per heavy atom. The first kappa shape index (κ1) is 17.9. The highest BCUT2D eigenvalue weighted by atomic mass is 16.1. The molecule has 0 radical (unpaired) electrons. The van der Waals surface area contributed by atoms with Crippen LogP contribution >= 0.6 is 0 Å². The number of aromatic nitrogens is 4. The number of rotatable bonds is 5. The first-order valence-electron chi connectivity index (χ1n) is 10.1. The molecule has 0 saturated carbocycles. The van der Waals surface area contributed by atoms with Gasteiger partial charge in [-0.1, -0.05) is 6.08 Å². The third-order valence-corrected chi connectivity index (χ3v) is 5.89. The van der Waals surface area contributed by atoms with Crippen LogP contribution in [0.2, 0.25) is 0 Å². The van der Waals surface area contributed by atoms with E-state index in [1.807, 2.05) is 12.1 Å². The standard InChI is InChI=1S/C21H25N7O/c1-2-9-28-19-18(13-22-28)20(29)25-21(24-19)23-15-5-7-16(8-6-15)27-12-11-26-10-3-4-17(26)14-27/h2,5-8,13,17H,1,3-4,9-12,14H2,(H2,23,24,25,29). The zero-order valence-electron chi connectivity index (χ0n) is 16.3. The van der Waals surface area contributed by atoms with E-state index in [1.54, 1.807) is 10.8 Å². The summed E-state index contributed by atoms with van der Waals surface area (Å²) in [7, 11) is 0. The summed E-state index contributed by atoms with van der Waals surface area (Å²) in [6, 6.07) is 9.02. The maximum atomic E-state index is 12.3. The van der Waals surface area contributed by atoms with Gasteiger partial charge in [-0.2, -0.15) is 10.1 Å². The highest BCUT2D eigenvalue weighted by Gasteiger charge is 2.30. The second-order valence-corrected chi connectivity index (χ2v) is 7.72. The molecular weight excluding hydrogens is 366 g/mol. The molecule has 8 heteroatoms. The zero-order chi connectivity index (χ0) is 19.8. The van der Waals surface area contributed by atoms with Crippen LogP contribution in [0, 0.1) is 0 Å². The van der Waals surface area contributed by atoms with Gasteiger partial charge in [0.1, 0.15) is 5.39 Å². The molecule has 0 spiro atoms. The Bertz CT molecular complexity index is 1080. The van der Waals surface area contributed by atoms with Gasteiger partial charge in [0.15, 0.2) is 5.65 Å². The molecule has 4 heterocycles. The Morgan fingerprint density at radius 2 is 2.10 bits per heavy atom. The van der Waals surface area contributed by atoms with Crippen LogP contribution in [-0.2, 0) is 6.54 Å². The van der Waals surface area contributed by atoms with Crippen molar-refractivity contribution in [1.29, 1.82) is 0 Å². The summed E-state index contributed by atoms with van der Waals surface area (Å²) in [5.74, 6) is 0.403. The van der Waals surface area contributed by atoms with E-state index >= 15 is 0 Å². The van der Waals surface area contributed by atoms with Crippen LogP contribution in [0.1, 0.15) is 12.8 Å². The summed E-state index contributed by atoms with van der Waals surface area (Å²) in [4.78, 5) is 24.7. The van der Waals surface area contributed by atoms with Crippen molar-refractivity contribution in [1.82, 2.24) is 24.6 Å². The van der Waals surface area contributed by atoms with Gasteiger partial charge in [0, 0.05) is 37.1 Å². The predicted molar refractivity (Wildman–Crippen MR) is 115 cm³/mol. The summed E-state index contributed by atoms with van der Waals surface area (Å²) in [5, 5.41) is 7.88. The molecule has 2 aromatic heterocycles. The van der Waals surface area contributed by atoms with Crippen molar-refractivity contribution in [3.05, 3.63) is 53.5 Å². The number of hydrogen-bond donors (Lipinski definition) is 2. The van der Waals surface area contributed by atoms with Gasteiger partial charge < -0.3 is 10.2 Å². The fourth-order valence-corrected chi connectivity index (χ4v) is 4.40. The number of H-pyrrole nitrogens is 1. The minimum atomic E-state index is -0.209. The van der Waals surface area contributed by atoms with Crippen molar-refractivity contribution in [2.75, 3.05) is 36.4 Å². The number of nitrogens with zero attached hydrogens (tertiary/aromatic N) is 5. The molecule has 1 unspecified atom stereocenters. The first-order chi connectivity index (χ1) is 14.2. The number of allylic oxidation sites excluding steroid dienone is 1. The van der Waals surface area contributed by atoms with Crippen LogP contribution in [0.15, 0.2) is 47.9 Å². The van der Waals surface area contributed by atoms with Crippen LogP contribution in [-0.4, -0.2) is 56.9 Å². The smallest absolute Gasteiger partial charge is 0.263 e. The van der Waals surface area contributed by atoms with Crippen molar-refractivity contribution >= 4 is 28.4 Å². The lowest BCUT2D eigenvalue weighted by Gasteiger charge is -2.38. The second-order valence-electron chi connectivity index (χ2n) is 7.72. The van der Waals surface area contributed by atoms with E-state index in [1.165, 1.54) is 31.3 Å². The lowest BCUT2D eigenvalue weighted by molar-refractivity contribution is 0.231. The molecule has 29 heavy (non-hydrogen) atoms. The molecule has 8 nitrogen and oxygen atoms in total. The maximum absolute atomic E-state index is 12.3. The number of benzene rings is 1. The number of piperazine rings is 1. The van der Waals surface area contributed by atoms with Gasteiger partial charge >= 0.3 is 0 Å². The van der Waals surface area contributed by atoms with E-state index in [4.69, 9.17) is 0 Å². The van der Waals surface area contributed by atoms with E-state index in [9.17, 15) is 4.79 Å². The normalized spacial score (nSPS) is 19.4. The molecule has 3 aromatic rings. The number of nitrogens with one attached hydrogen (secondary N) is 2. The minimum Gasteiger partial charge on any atom is -0.369 e. The molecule has 2 saturated heterocycles. The third kappa shape index (κ3) is 3.40. The minimum absolute atomic E-state index is 0.209. The van der Waals surface area contributed by atoms with E-state index < -0.39 is 0 Å². The Labute approximate surface area is 168 Å². The number of anilines is 3. The molecule has 0 aliphatic carbocycles. The fourth-order valence-electron chi connectivity index (χ4n) is 4.40. The summed E-state index contributed by atoms with van der Waals surface area (Å²) in [6.45, 7) is 8.80. The van der Waals surface area contributed by atoms with Crippen molar-refractivity contribution in [2.45, 2.75) is 25.4 Å². The SMILES string of the molecule is C=CCn1ncc2c(=O)[nH]c(Nc3ccc(N4CCN5CCCC5C4)cc3)nc21. The van der Waals surface area contributed by atoms with Crippen LogP contribution in [0.4, 0.5) is 17.3 Å². The molecule has 0 bridgehead atoms. The van der Waals surface area contributed by atoms with E-state index in [-0.39, 0.29) is 5.56 Å². The Kier molecular flexibility index (Phi) is 4.55. The number of fused-ring (bicyclic) bond motifs is 2. The Morgan fingerprint density at radius 3 is 2.93 bits per heavy atom. The second kappa shape index (κ2) is 7.36. The summed E-state index contributed by atoms with van der Waals surface area (Å²) >= 11 is 0. The van der Waals surface area contributed by atoms with Gasteiger partial charge in [0.25, 0.3) is 5.56 Å². The lowest BCUT2D eigenvalue weighted by Crippen LogP contribution is -2.50. The largest absolute Gasteiger partial charge is 0.369 e. The van der Waals surface area contributed by atoms with Gasteiger partial charge in [-0.3, -0.25) is 14.7 Å². The highest BCUT2D eigenvalue weighted by molar-refractivity contribution is 5.75. The molecule has 150 valence electrons. The molecule has 0 amide bonds. The highest BCUT2D eigenvalue weighted by Crippen LogP contribution is 2.26. The van der Waals surface area contributed by atoms with Gasteiger partial charge in [-0.05, 0) is 43.7 Å². The third-order valence-electron chi connectivity index (χ3n) is 5.89. The molecule has 1 aromatic carbocycles. The van der Waals surface area contributed by atoms with E-state index in [0.29, 0.717) is 29.6 Å². The summed E-state index contributed by atoms with van der Waals surface area (Å²) < 4.78 is 1.66. The van der Waals surface area contributed by atoms with Gasteiger partial charge in [0.05, 0.1) is 12.7 Å². The topological polar surface area (TPSA) is 82.1 Å². The van der Waals surface area contributed by atoms with Crippen molar-refractivity contribution in [3.8, 4) is 0 Å². The van der Waals surface area contributed by atoms with Crippen molar-refractivity contribution in [2.24, 2.45) is 0 Å². The fraction of sp³-hybridized carbons (Fsp3) is 0.381. The molecular formula is C21H25N7O. The average Bonchev–Trinajstić information content (AvgIpc) is 3.36. The first-order valence-corrected chi connectivity index (χ1v) is 10.1. The Hall–Kier alpha value is -3.13. The molecule has 2 N–H and O–H groups in total. The van der Waals surface area contributed by atoms with Gasteiger partial charge in [-0.25, -0.2) is 4.68 Å². The molecule has 1 atom stereocenters. The molecule has 2 aliphatic rings. The molecule has 2 aliphatic heterocycles. The van der Waals surface area contributed by atoms with Crippen LogP contribution in [0.3, 0.4) is 0 Å². The predicted octanol–water partition coefficient (Wildman–Crippen LogP) is 2.33. The molecule has 2 fully saturated rings. The average molecular weight is 391 g/mol. The van der Waals surface area contributed by atoms with E-state index in [2.05, 4.69) is 48.9 Å². The van der Waals surface area contributed by atoms with Crippen LogP contribution in [0.5, 0.6) is 0 Å². The van der Waals surface area contributed by atoms with Gasteiger partial charge in [-0.15, -0.1) is 6.58 Å². The number of hydrogen-bond acceptors (Lipinski definition) is 6. The molecule has 5 rings (SSSR count). The summed E-state index contributed by atoms with van der Waals surface area (Å²) in [6.07, 6.45) is 5.89. The lowest BCUT2D eigenvalue weighted by atomic mass is 10.1. The van der Waals surface area contributed by atoms with Crippen LogP contribution in [0.25, 0.3) is 11.0 Å². The zero-order valence-corrected chi connectivity index (χ0v) is 16.3. The van der Waals surface area contributed by atoms with Crippen molar-refractivity contribution < 1.29 is 0 Å². The summed E-state index contributed by atoms with van der Waals surface area (Å²) in [5.41, 5.74) is 2.45. The van der Waals surface area contributed by atoms with E-state index in [0.717, 1.165) is 25.3 Å². The van der Waals surface area contributed by atoms with Crippen LogP contribution < -0.4 is 15.8 Å².